The van der Waals surface area contributed by atoms with Crippen LogP contribution in [0.3, 0.4) is 0 Å². The lowest BCUT2D eigenvalue weighted by Crippen LogP contribution is -2.33. The molecule has 0 saturated heterocycles. The Morgan fingerprint density at radius 2 is 2.19 bits per heavy atom. The summed E-state index contributed by atoms with van der Waals surface area (Å²) in [6.45, 7) is 1.85. The molecule has 0 aliphatic heterocycles. The number of hydrogen-bond acceptors (Lipinski definition) is 4. The lowest BCUT2D eigenvalue weighted by molar-refractivity contribution is -0.105. The lowest BCUT2D eigenvalue weighted by atomic mass is 9.81. The van der Waals surface area contributed by atoms with Crippen LogP contribution < -0.4 is 5.32 Å². The number of halogens is 2. The van der Waals surface area contributed by atoms with Crippen molar-refractivity contribution in [3.05, 3.63) is 29.7 Å². The second-order valence-corrected chi connectivity index (χ2v) is 5.21. The summed E-state index contributed by atoms with van der Waals surface area (Å²) in [4.78, 5) is 14.7. The highest BCUT2D eigenvalue weighted by Gasteiger charge is 2.48. The topological polar surface area (TPSA) is 68.0 Å². The Morgan fingerprint density at radius 3 is 2.86 bits per heavy atom. The van der Waals surface area contributed by atoms with Crippen LogP contribution in [0.1, 0.15) is 30.2 Å². The molecule has 1 N–H and O–H groups in total. The number of nitrogens with zero attached hydrogens (tertiary/aromatic N) is 2. The highest BCUT2D eigenvalue weighted by molar-refractivity contribution is 5.76. The monoisotopic (exact) mass is 293 g/mol. The van der Waals surface area contributed by atoms with Crippen molar-refractivity contribution >= 4 is 12.1 Å². The van der Waals surface area contributed by atoms with Crippen LogP contribution in [0, 0.1) is 6.92 Å². The summed E-state index contributed by atoms with van der Waals surface area (Å²) < 4.78 is 30.8. The Hall–Kier alpha value is -2.31. The molecule has 1 amide bonds. The van der Waals surface area contributed by atoms with Crippen molar-refractivity contribution in [2.24, 2.45) is 0 Å². The molecule has 1 aliphatic carbocycles. The van der Waals surface area contributed by atoms with Gasteiger partial charge in [-0.3, -0.25) is 4.79 Å². The molecule has 1 aliphatic rings. The minimum atomic E-state index is -2.62. The molecular weight excluding hydrogens is 280 g/mol. The van der Waals surface area contributed by atoms with Gasteiger partial charge in [0.05, 0.1) is 0 Å². The van der Waals surface area contributed by atoms with E-state index in [1.54, 1.807) is 12.1 Å². The quantitative estimate of drug-likeness (QED) is 0.879. The van der Waals surface area contributed by atoms with E-state index in [1.807, 2.05) is 13.0 Å². The van der Waals surface area contributed by atoms with E-state index >= 15 is 0 Å². The SMILES string of the molecule is Cc1ccc(-c2noc(C3CC(F)(F)C3)n2)cc1NC=O. The Kier molecular flexibility index (Phi) is 3.19. The molecule has 21 heavy (non-hydrogen) atoms. The summed E-state index contributed by atoms with van der Waals surface area (Å²) >= 11 is 0. The number of alkyl halides is 2. The normalized spacial score (nSPS) is 17.3. The van der Waals surface area contributed by atoms with Crippen LogP contribution in [0.15, 0.2) is 22.7 Å². The zero-order chi connectivity index (χ0) is 15.0. The standard InChI is InChI=1S/C14H13F2N3O2/c1-8-2-3-9(4-11(8)17-7-20)12-18-13(21-19-12)10-5-14(15,16)6-10/h2-4,7,10H,5-6H2,1H3,(H,17,20). The number of aryl methyl sites for hydroxylation is 1. The molecule has 5 nitrogen and oxygen atoms in total. The molecule has 1 saturated carbocycles. The molecule has 2 aromatic rings. The summed E-state index contributed by atoms with van der Waals surface area (Å²) in [5.74, 6) is -2.43. The summed E-state index contributed by atoms with van der Waals surface area (Å²) in [5, 5.41) is 6.40. The molecule has 1 aromatic heterocycles. The van der Waals surface area contributed by atoms with Crippen molar-refractivity contribution in [1.82, 2.24) is 10.1 Å². The second kappa shape index (κ2) is 4.91. The van der Waals surface area contributed by atoms with Crippen molar-refractivity contribution < 1.29 is 18.1 Å². The van der Waals surface area contributed by atoms with Gasteiger partial charge in [-0.05, 0) is 18.6 Å². The molecule has 0 bridgehead atoms. The molecule has 110 valence electrons. The van der Waals surface area contributed by atoms with E-state index in [1.165, 1.54) is 0 Å². The largest absolute Gasteiger partial charge is 0.339 e. The van der Waals surface area contributed by atoms with Crippen molar-refractivity contribution in [3.8, 4) is 11.4 Å². The fraction of sp³-hybridized carbons (Fsp3) is 0.357. The summed E-state index contributed by atoms with van der Waals surface area (Å²) in [6, 6.07) is 5.32. The first kappa shape index (κ1) is 13.7. The van der Waals surface area contributed by atoms with Crippen molar-refractivity contribution in [1.29, 1.82) is 0 Å². The minimum Gasteiger partial charge on any atom is -0.339 e. The molecule has 0 atom stereocenters. The predicted octanol–water partition coefficient (Wildman–Crippen LogP) is 3.13. The smallest absolute Gasteiger partial charge is 0.249 e. The van der Waals surface area contributed by atoms with Crippen molar-refractivity contribution in [2.75, 3.05) is 5.32 Å². The van der Waals surface area contributed by atoms with E-state index < -0.39 is 5.92 Å². The summed E-state index contributed by atoms with van der Waals surface area (Å²) in [5.41, 5.74) is 2.20. The van der Waals surface area contributed by atoms with E-state index in [0.29, 0.717) is 23.5 Å². The van der Waals surface area contributed by atoms with Crippen LogP contribution in [0.4, 0.5) is 14.5 Å². The fourth-order valence-corrected chi connectivity index (χ4v) is 2.33. The molecule has 1 aromatic carbocycles. The number of aromatic nitrogens is 2. The molecule has 0 radical (unpaired) electrons. The molecular formula is C14H13F2N3O2. The van der Waals surface area contributed by atoms with Gasteiger partial charge < -0.3 is 9.84 Å². The molecule has 0 spiro atoms. The number of anilines is 1. The van der Waals surface area contributed by atoms with Crippen molar-refractivity contribution in [3.63, 3.8) is 0 Å². The summed E-state index contributed by atoms with van der Waals surface area (Å²) in [7, 11) is 0. The van der Waals surface area contributed by atoms with Crippen molar-refractivity contribution in [2.45, 2.75) is 31.6 Å². The van der Waals surface area contributed by atoms with Gasteiger partial charge in [-0.15, -0.1) is 0 Å². The third kappa shape index (κ3) is 2.63. The van der Waals surface area contributed by atoms with E-state index in [-0.39, 0.29) is 24.7 Å². The van der Waals surface area contributed by atoms with Gasteiger partial charge in [0.1, 0.15) is 0 Å². The Morgan fingerprint density at radius 1 is 1.43 bits per heavy atom. The minimum absolute atomic E-state index is 0.237. The van der Waals surface area contributed by atoms with Gasteiger partial charge in [-0.1, -0.05) is 17.3 Å². The maximum Gasteiger partial charge on any atom is 0.249 e. The van der Waals surface area contributed by atoms with Gasteiger partial charge in [0.25, 0.3) is 0 Å². The van der Waals surface area contributed by atoms with E-state index in [2.05, 4.69) is 15.5 Å². The van der Waals surface area contributed by atoms with Gasteiger partial charge in [-0.2, -0.15) is 4.98 Å². The first-order valence-electron chi connectivity index (χ1n) is 6.51. The predicted molar refractivity (Wildman–Crippen MR) is 71.1 cm³/mol. The van der Waals surface area contributed by atoms with Crippen LogP contribution in [-0.4, -0.2) is 22.5 Å². The molecule has 7 heteroatoms. The van der Waals surface area contributed by atoms with Crippen LogP contribution in [0.2, 0.25) is 0 Å². The van der Waals surface area contributed by atoms with Gasteiger partial charge in [-0.25, -0.2) is 8.78 Å². The van der Waals surface area contributed by atoms with Gasteiger partial charge in [0, 0.05) is 30.0 Å². The maximum atomic E-state index is 12.9. The molecule has 0 unspecified atom stereocenters. The molecule has 3 rings (SSSR count). The summed E-state index contributed by atoms with van der Waals surface area (Å²) in [6.07, 6.45) is 0.0885. The van der Waals surface area contributed by atoms with E-state index in [4.69, 9.17) is 4.52 Å². The molecule has 1 heterocycles. The Balaban J connectivity index is 1.83. The van der Waals surface area contributed by atoms with Crippen LogP contribution in [-0.2, 0) is 4.79 Å². The zero-order valence-electron chi connectivity index (χ0n) is 11.3. The number of carbonyl (C=O) groups excluding carboxylic acids is 1. The first-order valence-corrected chi connectivity index (χ1v) is 6.51. The lowest BCUT2D eigenvalue weighted by Gasteiger charge is -2.31. The number of nitrogens with one attached hydrogen (secondary N) is 1. The zero-order valence-corrected chi connectivity index (χ0v) is 11.3. The number of benzene rings is 1. The van der Waals surface area contributed by atoms with Gasteiger partial charge in [0.15, 0.2) is 0 Å². The average molecular weight is 293 g/mol. The number of amides is 1. The third-order valence-electron chi connectivity index (χ3n) is 3.59. The molecule has 1 fully saturated rings. The van der Waals surface area contributed by atoms with Gasteiger partial charge in [0.2, 0.25) is 24.0 Å². The fourth-order valence-electron chi connectivity index (χ4n) is 2.33. The maximum absolute atomic E-state index is 12.9. The average Bonchev–Trinajstić information content (AvgIpc) is 2.88. The number of hydrogen-bond donors (Lipinski definition) is 1. The number of carbonyl (C=O) groups is 1. The van der Waals surface area contributed by atoms with E-state index in [0.717, 1.165) is 5.56 Å². The Labute approximate surface area is 119 Å². The van der Waals surface area contributed by atoms with E-state index in [9.17, 15) is 13.6 Å². The van der Waals surface area contributed by atoms with Gasteiger partial charge >= 0.3 is 0 Å². The van der Waals surface area contributed by atoms with Crippen LogP contribution in [0.5, 0.6) is 0 Å². The van der Waals surface area contributed by atoms with Crippen LogP contribution in [0.25, 0.3) is 11.4 Å². The Bertz CT molecular complexity index is 677. The second-order valence-electron chi connectivity index (χ2n) is 5.21. The highest BCUT2D eigenvalue weighted by atomic mass is 19.3. The highest BCUT2D eigenvalue weighted by Crippen LogP contribution is 2.47. The van der Waals surface area contributed by atoms with Crippen LogP contribution >= 0.6 is 0 Å². The third-order valence-corrected chi connectivity index (χ3v) is 3.59. The first-order chi connectivity index (χ1) is 9.98. The number of rotatable bonds is 4.